The molecular formula is C17H25NO3S. The number of hydrogen-bond acceptors (Lipinski definition) is 3. The van der Waals surface area contributed by atoms with Crippen molar-refractivity contribution in [2.45, 2.75) is 51.2 Å². The van der Waals surface area contributed by atoms with E-state index in [-0.39, 0.29) is 12.1 Å². The molecule has 5 heteroatoms. The summed E-state index contributed by atoms with van der Waals surface area (Å²) < 4.78 is 32.8. The number of likely N-dealkylation sites (N-methyl/N-ethyl adjacent to an activating group) is 1. The predicted molar refractivity (Wildman–Crippen MR) is 88.3 cm³/mol. The average Bonchev–Trinajstić information content (AvgIpc) is 2.43. The van der Waals surface area contributed by atoms with Crippen molar-refractivity contribution in [3.05, 3.63) is 41.0 Å². The van der Waals surface area contributed by atoms with E-state index in [0.717, 1.165) is 12.0 Å². The summed E-state index contributed by atoms with van der Waals surface area (Å²) in [6.45, 7) is 8.55. The monoisotopic (exact) mass is 323 g/mol. The van der Waals surface area contributed by atoms with Crippen LogP contribution in [0.15, 0.2) is 40.3 Å². The summed E-state index contributed by atoms with van der Waals surface area (Å²) in [5, 5.41) is 0. The molecule has 0 unspecified atom stereocenters. The van der Waals surface area contributed by atoms with Crippen molar-refractivity contribution in [2.24, 2.45) is 0 Å². The number of rotatable bonds is 5. The van der Waals surface area contributed by atoms with Gasteiger partial charge in [0.15, 0.2) is 0 Å². The van der Waals surface area contributed by atoms with E-state index in [1.165, 1.54) is 15.5 Å². The normalized spacial score (nSPS) is 21.8. The third-order valence-corrected chi connectivity index (χ3v) is 6.17. The van der Waals surface area contributed by atoms with Crippen LogP contribution in [0.25, 0.3) is 0 Å². The molecule has 0 bridgehead atoms. The highest BCUT2D eigenvalue weighted by Gasteiger charge is 2.44. The molecule has 1 aromatic carbocycles. The molecule has 122 valence electrons. The van der Waals surface area contributed by atoms with Crippen molar-refractivity contribution >= 4 is 10.0 Å². The molecule has 1 saturated carbocycles. The number of benzene rings is 1. The van der Waals surface area contributed by atoms with Crippen molar-refractivity contribution < 1.29 is 13.2 Å². The first kappa shape index (κ1) is 17.2. The van der Waals surface area contributed by atoms with Crippen LogP contribution in [0.5, 0.6) is 0 Å². The van der Waals surface area contributed by atoms with E-state index in [1.54, 1.807) is 19.2 Å². The summed E-state index contributed by atoms with van der Waals surface area (Å²) in [6, 6.07) is 6.84. The van der Waals surface area contributed by atoms with E-state index in [9.17, 15) is 8.42 Å². The van der Waals surface area contributed by atoms with Crippen molar-refractivity contribution in [1.82, 2.24) is 4.31 Å². The number of sulfonamides is 1. The van der Waals surface area contributed by atoms with Gasteiger partial charge in [0.1, 0.15) is 0 Å². The van der Waals surface area contributed by atoms with Crippen molar-refractivity contribution in [2.75, 3.05) is 13.7 Å². The molecule has 0 amide bonds. The second-order valence-corrected chi connectivity index (χ2v) is 8.00. The van der Waals surface area contributed by atoms with Gasteiger partial charge in [-0.05, 0) is 51.8 Å². The molecule has 0 aliphatic heterocycles. The highest BCUT2D eigenvalue weighted by molar-refractivity contribution is 7.89. The summed E-state index contributed by atoms with van der Waals surface area (Å²) in [5.74, 6) is 0. The Labute approximate surface area is 133 Å². The molecular weight excluding hydrogens is 298 g/mol. The van der Waals surface area contributed by atoms with Crippen LogP contribution < -0.4 is 0 Å². The van der Waals surface area contributed by atoms with Gasteiger partial charge < -0.3 is 4.74 Å². The second-order valence-electron chi connectivity index (χ2n) is 6.01. The first-order valence-electron chi connectivity index (χ1n) is 7.61. The quantitative estimate of drug-likeness (QED) is 0.782. The highest BCUT2D eigenvalue weighted by Crippen LogP contribution is 2.38. The van der Waals surface area contributed by atoms with Gasteiger partial charge in [-0.2, -0.15) is 4.31 Å². The van der Waals surface area contributed by atoms with Gasteiger partial charge in [0.25, 0.3) is 0 Å². The van der Waals surface area contributed by atoms with Gasteiger partial charge in [0.05, 0.1) is 17.0 Å². The largest absolute Gasteiger partial charge is 0.372 e. The Bertz CT molecular complexity index is 658. The Hall–Kier alpha value is -1.17. The zero-order valence-corrected chi connectivity index (χ0v) is 14.8. The minimum absolute atomic E-state index is 0.125. The number of ether oxygens (including phenoxy) is 1. The molecule has 0 heterocycles. The Kier molecular flexibility index (Phi) is 5.10. The SMILES string of the molecule is CCO[C@@H]1C(=C(C)C)C[C@@H]1N(C)S(=O)(=O)c1ccc(C)cc1. The van der Waals surface area contributed by atoms with Crippen LogP contribution >= 0.6 is 0 Å². The van der Waals surface area contributed by atoms with Gasteiger partial charge in [-0.3, -0.25) is 0 Å². The molecule has 0 saturated heterocycles. The van der Waals surface area contributed by atoms with E-state index >= 15 is 0 Å². The number of nitrogens with zero attached hydrogens (tertiary/aromatic N) is 1. The van der Waals surface area contributed by atoms with E-state index in [2.05, 4.69) is 0 Å². The lowest BCUT2D eigenvalue weighted by Crippen LogP contribution is -2.54. The van der Waals surface area contributed by atoms with Crippen molar-refractivity contribution in [3.63, 3.8) is 0 Å². The minimum Gasteiger partial charge on any atom is -0.372 e. The lowest BCUT2D eigenvalue weighted by molar-refractivity contribution is 0.00436. The second kappa shape index (κ2) is 6.52. The maximum absolute atomic E-state index is 12.8. The smallest absolute Gasteiger partial charge is 0.243 e. The van der Waals surface area contributed by atoms with Gasteiger partial charge in [-0.1, -0.05) is 23.3 Å². The van der Waals surface area contributed by atoms with Crippen LogP contribution in [0.1, 0.15) is 32.8 Å². The van der Waals surface area contributed by atoms with E-state index in [0.29, 0.717) is 11.5 Å². The Balaban J connectivity index is 2.25. The lowest BCUT2D eigenvalue weighted by Gasteiger charge is -2.44. The molecule has 4 nitrogen and oxygen atoms in total. The minimum atomic E-state index is -3.49. The molecule has 0 radical (unpaired) electrons. The van der Waals surface area contributed by atoms with Crippen LogP contribution in [-0.4, -0.2) is 38.5 Å². The van der Waals surface area contributed by atoms with E-state index in [4.69, 9.17) is 4.74 Å². The molecule has 0 aromatic heterocycles. The van der Waals surface area contributed by atoms with E-state index < -0.39 is 10.0 Å². The topological polar surface area (TPSA) is 46.6 Å². The average molecular weight is 323 g/mol. The van der Waals surface area contributed by atoms with Crippen LogP contribution in [0.4, 0.5) is 0 Å². The fraction of sp³-hybridized carbons (Fsp3) is 0.529. The molecule has 1 aromatic rings. The molecule has 1 fully saturated rings. The molecule has 22 heavy (non-hydrogen) atoms. The van der Waals surface area contributed by atoms with Crippen molar-refractivity contribution in [1.29, 1.82) is 0 Å². The molecule has 2 rings (SSSR count). The third-order valence-electron chi connectivity index (χ3n) is 4.28. The summed E-state index contributed by atoms with van der Waals surface area (Å²) >= 11 is 0. The number of aryl methyl sites for hydroxylation is 1. The molecule has 1 aliphatic rings. The Morgan fingerprint density at radius 3 is 2.36 bits per heavy atom. The molecule has 0 N–H and O–H groups in total. The fourth-order valence-corrected chi connectivity index (χ4v) is 4.13. The zero-order chi connectivity index (χ0) is 16.5. The fourth-order valence-electron chi connectivity index (χ4n) is 2.77. The van der Waals surface area contributed by atoms with Gasteiger partial charge in [0, 0.05) is 13.7 Å². The summed E-state index contributed by atoms with van der Waals surface area (Å²) in [4.78, 5) is 0.335. The Morgan fingerprint density at radius 1 is 1.27 bits per heavy atom. The van der Waals surface area contributed by atoms with Crippen LogP contribution in [-0.2, 0) is 14.8 Å². The lowest BCUT2D eigenvalue weighted by atomic mass is 9.80. The van der Waals surface area contributed by atoms with Gasteiger partial charge in [-0.25, -0.2) is 8.42 Å². The summed E-state index contributed by atoms with van der Waals surface area (Å²) in [5.41, 5.74) is 3.48. The van der Waals surface area contributed by atoms with Gasteiger partial charge in [-0.15, -0.1) is 0 Å². The first-order chi connectivity index (χ1) is 10.3. The molecule has 0 spiro atoms. The summed E-state index contributed by atoms with van der Waals surface area (Å²) in [7, 11) is -1.84. The predicted octanol–water partition coefficient (Wildman–Crippen LogP) is 3.13. The van der Waals surface area contributed by atoms with Crippen LogP contribution in [0.3, 0.4) is 0 Å². The third kappa shape index (κ3) is 3.12. The zero-order valence-electron chi connectivity index (χ0n) is 14.0. The van der Waals surface area contributed by atoms with Crippen LogP contribution in [0.2, 0.25) is 0 Å². The summed E-state index contributed by atoms with van der Waals surface area (Å²) in [6.07, 6.45) is 0.620. The molecule has 2 atom stereocenters. The molecule has 1 aliphatic carbocycles. The first-order valence-corrected chi connectivity index (χ1v) is 9.05. The maximum Gasteiger partial charge on any atom is 0.243 e. The number of hydrogen-bond donors (Lipinski definition) is 0. The van der Waals surface area contributed by atoms with Crippen LogP contribution in [0, 0.1) is 6.92 Å². The van der Waals surface area contributed by atoms with E-state index in [1.807, 2.05) is 39.8 Å². The highest BCUT2D eigenvalue weighted by atomic mass is 32.2. The standard InChI is InChI=1S/C17H25NO3S/c1-6-21-17-15(12(2)3)11-16(17)18(5)22(19,20)14-9-7-13(4)8-10-14/h7-10,16-17H,6,11H2,1-5H3/t16-,17+/m0/s1. The van der Waals surface area contributed by atoms with Crippen molar-refractivity contribution in [3.8, 4) is 0 Å². The van der Waals surface area contributed by atoms with Gasteiger partial charge >= 0.3 is 0 Å². The van der Waals surface area contributed by atoms with Gasteiger partial charge in [0.2, 0.25) is 10.0 Å². The maximum atomic E-state index is 12.8. The Morgan fingerprint density at radius 2 is 1.86 bits per heavy atom. The number of allylic oxidation sites excluding steroid dienone is 1.